The van der Waals surface area contributed by atoms with E-state index in [0.717, 1.165) is 22.5 Å². The van der Waals surface area contributed by atoms with Crippen molar-refractivity contribution >= 4 is 22.7 Å². The van der Waals surface area contributed by atoms with Crippen molar-refractivity contribution in [3.8, 4) is 0 Å². The van der Waals surface area contributed by atoms with Gasteiger partial charge in [-0.3, -0.25) is 4.79 Å². The zero-order chi connectivity index (χ0) is 14.2. The molecule has 1 atom stereocenters. The molecule has 1 unspecified atom stereocenters. The molecule has 0 spiro atoms. The number of nitrogens with zero attached hydrogens (tertiary/aromatic N) is 3. The van der Waals surface area contributed by atoms with Gasteiger partial charge in [0.25, 0.3) is 0 Å². The molecule has 2 rings (SSSR count). The van der Waals surface area contributed by atoms with E-state index in [4.69, 9.17) is 5.11 Å². The van der Waals surface area contributed by atoms with Gasteiger partial charge in [-0.15, -0.1) is 0 Å². The van der Waals surface area contributed by atoms with Gasteiger partial charge in [-0.05, 0) is 32.0 Å². The van der Waals surface area contributed by atoms with Crippen LogP contribution >= 0.6 is 0 Å². The molecule has 19 heavy (non-hydrogen) atoms. The minimum absolute atomic E-state index is 0.0558. The summed E-state index contributed by atoms with van der Waals surface area (Å²) in [7, 11) is 3.89. The minimum atomic E-state index is -0.783. The Balaban J connectivity index is 2.32. The second-order valence-corrected chi connectivity index (χ2v) is 4.95. The molecule has 1 aromatic heterocycles. The van der Waals surface area contributed by atoms with Crippen LogP contribution in [0.5, 0.6) is 0 Å². The van der Waals surface area contributed by atoms with E-state index in [9.17, 15) is 4.79 Å². The first-order valence-electron chi connectivity index (χ1n) is 6.28. The topological polar surface area (TPSA) is 58.4 Å². The van der Waals surface area contributed by atoms with Crippen molar-refractivity contribution in [1.82, 2.24) is 9.55 Å². The number of benzene rings is 1. The Kier molecular flexibility index (Phi) is 3.46. The molecule has 0 amide bonds. The first kappa shape index (κ1) is 13.4. The zero-order valence-electron chi connectivity index (χ0n) is 11.7. The van der Waals surface area contributed by atoms with Crippen LogP contribution in [0.3, 0.4) is 0 Å². The van der Waals surface area contributed by atoms with Crippen LogP contribution in [0.25, 0.3) is 11.0 Å². The highest BCUT2D eigenvalue weighted by Crippen LogP contribution is 2.23. The number of carboxylic acids is 1. The van der Waals surface area contributed by atoms with Crippen molar-refractivity contribution in [2.45, 2.75) is 26.3 Å². The molecule has 0 bridgehead atoms. The molecule has 0 fully saturated rings. The van der Waals surface area contributed by atoms with E-state index in [-0.39, 0.29) is 12.5 Å². The summed E-state index contributed by atoms with van der Waals surface area (Å²) in [5.41, 5.74) is 3.01. The standard InChI is InChI=1S/C14H19N3O2/c1-9(7-14(18)19)16(3)11-5-6-13-12(8-11)15-10(2)17(13)4/h5-6,8-9H,7H2,1-4H3,(H,18,19). The Labute approximate surface area is 112 Å². The lowest BCUT2D eigenvalue weighted by Crippen LogP contribution is -2.30. The molecule has 0 saturated carbocycles. The van der Waals surface area contributed by atoms with Gasteiger partial charge in [-0.25, -0.2) is 4.98 Å². The molecule has 1 heterocycles. The molecule has 5 nitrogen and oxygen atoms in total. The lowest BCUT2D eigenvalue weighted by molar-refractivity contribution is -0.137. The molecule has 0 radical (unpaired) electrons. The fourth-order valence-electron chi connectivity index (χ4n) is 2.17. The second kappa shape index (κ2) is 4.91. The van der Waals surface area contributed by atoms with Gasteiger partial charge in [0.1, 0.15) is 5.82 Å². The van der Waals surface area contributed by atoms with E-state index in [1.807, 2.05) is 55.6 Å². The predicted octanol–water partition coefficient (Wildman–Crippen LogP) is 2.18. The maximum atomic E-state index is 10.8. The molecular formula is C14H19N3O2. The molecule has 0 aliphatic rings. The van der Waals surface area contributed by atoms with Crippen LogP contribution in [0.15, 0.2) is 18.2 Å². The number of carbonyl (C=O) groups is 1. The molecule has 102 valence electrons. The van der Waals surface area contributed by atoms with E-state index in [1.165, 1.54) is 0 Å². The van der Waals surface area contributed by atoms with E-state index in [0.29, 0.717) is 0 Å². The lowest BCUT2D eigenvalue weighted by atomic mass is 10.2. The zero-order valence-corrected chi connectivity index (χ0v) is 11.7. The summed E-state index contributed by atoms with van der Waals surface area (Å²) in [6, 6.07) is 5.97. The van der Waals surface area contributed by atoms with Crippen LogP contribution in [-0.4, -0.2) is 33.7 Å². The number of carboxylic acid groups (broad SMARTS) is 1. The number of fused-ring (bicyclic) bond motifs is 1. The molecule has 0 saturated heterocycles. The SMILES string of the molecule is Cc1nc2cc(N(C)C(C)CC(=O)O)ccc2n1C. The van der Waals surface area contributed by atoms with E-state index >= 15 is 0 Å². The number of hydrogen-bond acceptors (Lipinski definition) is 3. The van der Waals surface area contributed by atoms with Crippen LogP contribution in [0.1, 0.15) is 19.2 Å². The van der Waals surface area contributed by atoms with Crippen molar-refractivity contribution in [3.05, 3.63) is 24.0 Å². The van der Waals surface area contributed by atoms with E-state index in [1.54, 1.807) is 0 Å². The van der Waals surface area contributed by atoms with Gasteiger partial charge in [-0.1, -0.05) is 0 Å². The fraction of sp³-hybridized carbons (Fsp3) is 0.429. The van der Waals surface area contributed by atoms with Crippen LogP contribution in [0, 0.1) is 6.92 Å². The van der Waals surface area contributed by atoms with E-state index in [2.05, 4.69) is 4.98 Å². The maximum absolute atomic E-state index is 10.8. The average Bonchev–Trinajstić information content (AvgIpc) is 2.63. The van der Waals surface area contributed by atoms with Gasteiger partial charge in [0.05, 0.1) is 17.5 Å². The third-order valence-corrected chi connectivity index (χ3v) is 3.63. The van der Waals surface area contributed by atoms with E-state index < -0.39 is 5.97 Å². The van der Waals surface area contributed by atoms with Crippen molar-refractivity contribution in [2.24, 2.45) is 7.05 Å². The van der Waals surface area contributed by atoms with Gasteiger partial charge in [0.15, 0.2) is 0 Å². The van der Waals surface area contributed by atoms with Crippen LogP contribution < -0.4 is 4.90 Å². The molecular weight excluding hydrogens is 242 g/mol. The number of aryl methyl sites for hydroxylation is 2. The fourth-order valence-corrected chi connectivity index (χ4v) is 2.17. The van der Waals surface area contributed by atoms with Crippen LogP contribution in [0.4, 0.5) is 5.69 Å². The lowest BCUT2D eigenvalue weighted by Gasteiger charge is -2.25. The molecule has 1 N–H and O–H groups in total. The van der Waals surface area contributed by atoms with Crippen LogP contribution in [0.2, 0.25) is 0 Å². The average molecular weight is 261 g/mol. The molecule has 2 aromatic rings. The summed E-state index contributed by atoms with van der Waals surface area (Å²) >= 11 is 0. The van der Waals surface area contributed by atoms with Gasteiger partial charge in [-0.2, -0.15) is 0 Å². The van der Waals surface area contributed by atoms with Crippen molar-refractivity contribution < 1.29 is 9.90 Å². The minimum Gasteiger partial charge on any atom is -0.481 e. The highest BCUT2D eigenvalue weighted by molar-refractivity contribution is 5.80. The van der Waals surface area contributed by atoms with Gasteiger partial charge in [0.2, 0.25) is 0 Å². The largest absolute Gasteiger partial charge is 0.481 e. The summed E-state index contributed by atoms with van der Waals surface area (Å²) in [6.45, 7) is 3.87. The normalized spacial score (nSPS) is 12.6. The Hall–Kier alpha value is -2.04. The second-order valence-electron chi connectivity index (χ2n) is 4.95. The van der Waals surface area contributed by atoms with Crippen molar-refractivity contribution in [1.29, 1.82) is 0 Å². The monoisotopic (exact) mass is 261 g/mol. The quantitative estimate of drug-likeness (QED) is 0.916. The highest BCUT2D eigenvalue weighted by Gasteiger charge is 2.15. The summed E-state index contributed by atoms with van der Waals surface area (Å²) in [5, 5.41) is 8.85. The number of aromatic nitrogens is 2. The summed E-state index contributed by atoms with van der Waals surface area (Å²) in [4.78, 5) is 17.2. The number of hydrogen-bond donors (Lipinski definition) is 1. The first-order valence-corrected chi connectivity index (χ1v) is 6.28. The van der Waals surface area contributed by atoms with Crippen LogP contribution in [-0.2, 0) is 11.8 Å². The third-order valence-electron chi connectivity index (χ3n) is 3.63. The van der Waals surface area contributed by atoms with Crippen molar-refractivity contribution in [3.63, 3.8) is 0 Å². The smallest absolute Gasteiger partial charge is 0.305 e. The van der Waals surface area contributed by atoms with Gasteiger partial charge in [0, 0.05) is 25.8 Å². The first-order chi connectivity index (χ1) is 8.90. The number of imidazole rings is 1. The molecule has 1 aromatic carbocycles. The number of rotatable bonds is 4. The molecule has 0 aliphatic heterocycles. The Morgan fingerprint density at radius 2 is 2.21 bits per heavy atom. The van der Waals surface area contributed by atoms with Gasteiger partial charge < -0.3 is 14.6 Å². The van der Waals surface area contributed by atoms with Crippen molar-refractivity contribution in [2.75, 3.05) is 11.9 Å². The maximum Gasteiger partial charge on any atom is 0.305 e. The summed E-state index contributed by atoms with van der Waals surface area (Å²) < 4.78 is 2.04. The summed E-state index contributed by atoms with van der Waals surface area (Å²) in [6.07, 6.45) is 0.121. The third kappa shape index (κ3) is 2.54. The molecule has 5 heteroatoms. The molecule has 0 aliphatic carbocycles. The summed E-state index contributed by atoms with van der Waals surface area (Å²) in [5.74, 6) is 0.183. The Bertz CT molecular complexity index is 618. The Morgan fingerprint density at radius 1 is 1.53 bits per heavy atom. The number of anilines is 1. The number of aliphatic carboxylic acids is 1. The Morgan fingerprint density at radius 3 is 2.84 bits per heavy atom. The highest BCUT2D eigenvalue weighted by atomic mass is 16.4. The van der Waals surface area contributed by atoms with Gasteiger partial charge >= 0.3 is 5.97 Å². The predicted molar refractivity (Wildman–Crippen MR) is 75.6 cm³/mol.